The lowest BCUT2D eigenvalue weighted by Gasteiger charge is -2.56. The summed E-state index contributed by atoms with van der Waals surface area (Å²) in [6.45, 7) is 0. The Balaban J connectivity index is 1.49. The van der Waals surface area contributed by atoms with Crippen molar-refractivity contribution in [2.45, 2.75) is 44.1 Å². The fourth-order valence-electron chi connectivity index (χ4n) is 5.99. The van der Waals surface area contributed by atoms with Crippen LogP contribution in [0.1, 0.15) is 44.1 Å². The van der Waals surface area contributed by atoms with E-state index in [1.165, 1.54) is 19.3 Å². The van der Waals surface area contributed by atoms with Crippen molar-refractivity contribution in [1.82, 2.24) is 5.32 Å². The average molecular weight is 371 g/mol. The highest BCUT2D eigenvalue weighted by Gasteiger charge is 2.51. The molecule has 0 aliphatic heterocycles. The van der Waals surface area contributed by atoms with Gasteiger partial charge in [-0.05, 0) is 74.5 Å². The average Bonchev–Trinajstić information content (AvgIpc) is 2.63. The van der Waals surface area contributed by atoms with Gasteiger partial charge in [0.05, 0.1) is 21.3 Å². The summed E-state index contributed by atoms with van der Waals surface area (Å²) in [6, 6.07) is 3.69. The summed E-state index contributed by atoms with van der Waals surface area (Å²) in [5, 5.41) is 3.36. The molecule has 4 bridgehead atoms. The summed E-state index contributed by atoms with van der Waals surface area (Å²) in [5.74, 6) is 4.11. The first kappa shape index (κ1) is 18.2. The molecule has 4 aliphatic rings. The molecule has 0 unspecified atom stereocenters. The van der Waals surface area contributed by atoms with Crippen LogP contribution in [0, 0.1) is 17.8 Å². The van der Waals surface area contributed by atoms with E-state index in [1.54, 1.807) is 33.5 Å². The molecule has 5 nitrogen and oxygen atoms in total. The van der Waals surface area contributed by atoms with Gasteiger partial charge in [-0.15, -0.1) is 0 Å². The second-order valence-electron chi connectivity index (χ2n) is 8.44. The molecule has 0 atom stereocenters. The minimum absolute atomic E-state index is 0.0196. The number of methoxy groups -OCH3 is 3. The van der Waals surface area contributed by atoms with Crippen molar-refractivity contribution in [2.24, 2.45) is 17.8 Å². The van der Waals surface area contributed by atoms with Crippen LogP contribution in [0.5, 0.6) is 17.2 Å². The highest BCUT2D eigenvalue weighted by Crippen LogP contribution is 2.55. The van der Waals surface area contributed by atoms with E-state index in [0.29, 0.717) is 17.2 Å². The molecule has 146 valence electrons. The van der Waals surface area contributed by atoms with E-state index in [4.69, 9.17) is 14.2 Å². The molecule has 1 N–H and O–H groups in total. The molecule has 27 heavy (non-hydrogen) atoms. The number of ether oxygens (including phenoxy) is 3. The standard InChI is InChI=1S/C22H29NO4/c1-25-18-6-4-17(20(26-2)21(18)27-3)5-7-19(24)23-22-11-14-8-15(12-22)10-16(9-14)13-22/h4-7,14-16H,8-13H2,1-3H3,(H,23,24)/b7-5+. The van der Waals surface area contributed by atoms with Crippen molar-refractivity contribution in [3.63, 3.8) is 0 Å². The van der Waals surface area contributed by atoms with Gasteiger partial charge in [0.15, 0.2) is 11.5 Å². The van der Waals surface area contributed by atoms with Crippen molar-refractivity contribution in [2.75, 3.05) is 21.3 Å². The first-order valence-electron chi connectivity index (χ1n) is 9.85. The van der Waals surface area contributed by atoms with E-state index in [0.717, 1.165) is 42.6 Å². The number of rotatable bonds is 6. The van der Waals surface area contributed by atoms with Crippen LogP contribution in [-0.2, 0) is 4.79 Å². The predicted molar refractivity (Wildman–Crippen MR) is 104 cm³/mol. The fraction of sp³-hybridized carbons (Fsp3) is 0.591. The SMILES string of the molecule is COc1ccc(/C=C/C(=O)NC23CC4CC(CC(C4)C2)C3)c(OC)c1OC. The molecule has 0 spiro atoms. The van der Waals surface area contributed by atoms with Gasteiger partial charge in [-0.1, -0.05) is 0 Å². The fourth-order valence-corrected chi connectivity index (χ4v) is 5.99. The number of carbonyl (C=O) groups is 1. The Labute approximate surface area is 161 Å². The molecule has 1 amide bonds. The largest absolute Gasteiger partial charge is 0.493 e. The van der Waals surface area contributed by atoms with Gasteiger partial charge in [-0.25, -0.2) is 0 Å². The zero-order valence-electron chi connectivity index (χ0n) is 16.4. The van der Waals surface area contributed by atoms with Gasteiger partial charge in [0.1, 0.15) is 0 Å². The molecule has 0 saturated heterocycles. The summed E-state index contributed by atoms with van der Waals surface area (Å²) >= 11 is 0. The number of nitrogens with one attached hydrogen (secondary N) is 1. The topological polar surface area (TPSA) is 56.8 Å². The quantitative estimate of drug-likeness (QED) is 0.773. The third-order valence-electron chi connectivity index (χ3n) is 6.58. The summed E-state index contributed by atoms with van der Waals surface area (Å²) < 4.78 is 16.2. The monoisotopic (exact) mass is 371 g/mol. The minimum atomic E-state index is -0.0196. The Morgan fingerprint density at radius 2 is 1.56 bits per heavy atom. The van der Waals surface area contributed by atoms with Crippen LogP contribution >= 0.6 is 0 Å². The Hall–Kier alpha value is -2.17. The van der Waals surface area contributed by atoms with Crippen molar-refractivity contribution >= 4 is 12.0 Å². The van der Waals surface area contributed by atoms with Crippen molar-refractivity contribution < 1.29 is 19.0 Å². The van der Waals surface area contributed by atoms with E-state index in [1.807, 2.05) is 12.1 Å². The van der Waals surface area contributed by atoms with Crippen LogP contribution < -0.4 is 19.5 Å². The van der Waals surface area contributed by atoms with Crippen LogP contribution in [0.2, 0.25) is 0 Å². The van der Waals surface area contributed by atoms with E-state index >= 15 is 0 Å². The molecule has 4 saturated carbocycles. The zero-order valence-corrected chi connectivity index (χ0v) is 16.4. The normalized spacial score (nSPS) is 31.1. The first-order valence-corrected chi connectivity index (χ1v) is 9.85. The van der Waals surface area contributed by atoms with Crippen LogP contribution in [0.4, 0.5) is 0 Å². The maximum atomic E-state index is 12.7. The molecule has 4 fully saturated rings. The number of carbonyl (C=O) groups excluding carboxylic acids is 1. The van der Waals surface area contributed by atoms with E-state index in [9.17, 15) is 4.79 Å². The van der Waals surface area contributed by atoms with Gasteiger partial charge in [-0.2, -0.15) is 0 Å². The minimum Gasteiger partial charge on any atom is -0.493 e. The molecular weight excluding hydrogens is 342 g/mol. The van der Waals surface area contributed by atoms with Crippen LogP contribution in [-0.4, -0.2) is 32.8 Å². The van der Waals surface area contributed by atoms with Crippen LogP contribution in [0.3, 0.4) is 0 Å². The molecule has 4 aliphatic carbocycles. The lowest BCUT2D eigenvalue weighted by Crippen LogP contribution is -2.59. The zero-order chi connectivity index (χ0) is 19.0. The Kier molecular flexibility index (Phi) is 4.79. The lowest BCUT2D eigenvalue weighted by atomic mass is 9.53. The molecule has 1 aromatic carbocycles. The summed E-state index contributed by atoms with van der Waals surface area (Å²) in [4.78, 5) is 12.7. The maximum absolute atomic E-state index is 12.7. The van der Waals surface area contributed by atoms with Crippen LogP contribution in [0.15, 0.2) is 18.2 Å². The van der Waals surface area contributed by atoms with Crippen molar-refractivity contribution in [3.05, 3.63) is 23.8 Å². The van der Waals surface area contributed by atoms with E-state index < -0.39 is 0 Å². The highest BCUT2D eigenvalue weighted by atomic mass is 16.5. The summed E-state index contributed by atoms with van der Waals surface area (Å²) in [6.07, 6.45) is 11.0. The van der Waals surface area contributed by atoms with Gasteiger partial charge in [0, 0.05) is 17.2 Å². The number of hydrogen-bond acceptors (Lipinski definition) is 4. The highest BCUT2D eigenvalue weighted by molar-refractivity contribution is 5.93. The summed E-state index contributed by atoms with van der Waals surface area (Å²) in [5.41, 5.74) is 0.813. The van der Waals surface area contributed by atoms with Gasteiger partial charge in [-0.3, -0.25) is 4.79 Å². The van der Waals surface area contributed by atoms with Gasteiger partial charge < -0.3 is 19.5 Å². The molecule has 0 aromatic heterocycles. The summed E-state index contributed by atoms with van der Waals surface area (Å²) in [7, 11) is 4.75. The second kappa shape index (κ2) is 7.10. The molecule has 0 heterocycles. The Morgan fingerprint density at radius 1 is 0.963 bits per heavy atom. The smallest absolute Gasteiger partial charge is 0.244 e. The molecule has 0 radical (unpaired) electrons. The van der Waals surface area contributed by atoms with Gasteiger partial charge in [0.2, 0.25) is 11.7 Å². The van der Waals surface area contributed by atoms with Gasteiger partial charge >= 0.3 is 0 Å². The van der Waals surface area contributed by atoms with Crippen LogP contribution in [0.25, 0.3) is 6.08 Å². The lowest BCUT2D eigenvalue weighted by molar-refractivity contribution is -0.122. The second-order valence-corrected chi connectivity index (χ2v) is 8.44. The van der Waals surface area contributed by atoms with E-state index in [2.05, 4.69) is 5.32 Å². The van der Waals surface area contributed by atoms with Gasteiger partial charge in [0.25, 0.3) is 0 Å². The van der Waals surface area contributed by atoms with Crippen molar-refractivity contribution in [3.8, 4) is 17.2 Å². The van der Waals surface area contributed by atoms with E-state index in [-0.39, 0.29) is 11.4 Å². The maximum Gasteiger partial charge on any atom is 0.244 e. The number of amides is 1. The third-order valence-corrected chi connectivity index (χ3v) is 6.58. The Bertz CT molecular complexity index is 720. The molecular formula is C22H29NO4. The Morgan fingerprint density at radius 3 is 2.07 bits per heavy atom. The molecule has 5 rings (SSSR count). The number of benzene rings is 1. The molecule has 5 heteroatoms. The first-order chi connectivity index (χ1) is 13.1. The number of hydrogen-bond donors (Lipinski definition) is 1. The predicted octanol–water partition coefficient (Wildman–Crippen LogP) is 3.81. The third kappa shape index (κ3) is 3.40. The molecule has 1 aromatic rings. The van der Waals surface area contributed by atoms with Crippen molar-refractivity contribution in [1.29, 1.82) is 0 Å².